The van der Waals surface area contributed by atoms with Gasteiger partial charge in [-0.3, -0.25) is 14.3 Å². The second-order valence-corrected chi connectivity index (χ2v) is 16.4. The third-order valence-corrected chi connectivity index (χ3v) is 13.2. The lowest BCUT2D eigenvalue weighted by Crippen LogP contribution is -2.69. The number of aliphatic hydroxyl groups is 1. The Bertz CT molecular complexity index is 1560. The number of H-pyrrole nitrogens is 1. The van der Waals surface area contributed by atoms with Gasteiger partial charge in [-0.2, -0.15) is 0 Å². The smallest absolute Gasteiger partial charge is 0.330 e. The van der Waals surface area contributed by atoms with Crippen LogP contribution >= 0.6 is 0 Å². The molecule has 1 unspecified atom stereocenters. The van der Waals surface area contributed by atoms with Crippen LogP contribution in [0.25, 0.3) is 0 Å². The van der Waals surface area contributed by atoms with E-state index in [1.54, 1.807) is 6.92 Å². The van der Waals surface area contributed by atoms with Crippen molar-refractivity contribution in [1.82, 2.24) is 9.55 Å². The summed E-state index contributed by atoms with van der Waals surface area (Å²) in [5, 5.41) is 13.3. The molecule has 2 N–H and O–H groups in total. The van der Waals surface area contributed by atoms with Crippen LogP contribution in [-0.2, 0) is 20.5 Å². The minimum Gasteiger partial charge on any atom is -0.399 e. The Morgan fingerprint density at radius 1 is 0.953 bits per heavy atom. The lowest BCUT2D eigenvalue weighted by atomic mass is 10.1. The molecule has 0 bridgehead atoms. The molecule has 0 spiro atoms. The molecule has 1 fully saturated rings. The molecule has 1 aliphatic heterocycles. The standard InChI is InChI=1S/C34H40N2O6Si/c1-24-21-36(33(39)35-32(24)38)30-20-28(37)31(41-30)29(23-40-22-25-14-8-5-9-15-25)42-43(34(2,3)4,26-16-10-6-11-17-26)27-18-12-7-13-19-27/h5-19,21,28-31,37H,20,22-23H2,1-4H3,(H,35,38,39)/t28-,29?,30+,31-/m0/s1. The normalized spacial score (nSPS) is 19.8. The fourth-order valence-electron chi connectivity index (χ4n) is 5.96. The highest BCUT2D eigenvalue weighted by molar-refractivity contribution is 6.99. The van der Waals surface area contributed by atoms with Crippen LogP contribution in [-0.4, -0.2) is 47.9 Å². The van der Waals surface area contributed by atoms with Gasteiger partial charge in [-0.05, 0) is 27.9 Å². The molecule has 3 aromatic carbocycles. The van der Waals surface area contributed by atoms with E-state index in [-0.39, 0.29) is 18.1 Å². The molecule has 8 nitrogen and oxygen atoms in total. The molecule has 2 heterocycles. The number of hydrogen-bond donors (Lipinski definition) is 2. The van der Waals surface area contributed by atoms with Crippen molar-refractivity contribution < 1.29 is 19.0 Å². The monoisotopic (exact) mass is 600 g/mol. The summed E-state index contributed by atoms with van der Waals surface area (Å²) in [7, 11) is -3.05. The first-order valence-electron chi connectivity index (χ1n) is 14.7. The summed E-state index contributed by atoms with van der Waals surface area (Å²) in [4.78, 5) is 27.1. The van der Waals surface area contributed by atoms with Crippen molar-refractivity contribution in [3.05, 3.63) is 129 Å². The van der Waals surface area contributed by atoms with Gasteiger partial charge in [0.1, 0.15) is 12.3 Å². The molecule has 0 aliphatic carbocycles. The predicted molar refractivity (Wildman–Crippen MR) is 169 cm³/mol. The molecule has 1 saturated heterocycles. The molecule has 4 aromatic rings. The van der Waals surface area contributed by atoms with Crippen molar-refractivity contribution in [3.63, 3.8) is 0 Å². The lowest BCUT2D eigenvalue weighted by Gasteiger charge is -2.46. The molecular formula is C34H40N2O6Si. The maximum atomic E-state index is 12.7. The SMILES string of the molecule is Cc1cn([C@H]2C[C@H](O)[C@@H](C(COCc3ccccc3)O[Si](c3ccccc3)(c3ccccc3)C(C)(C)C)O2)c(=O)[nH]c1=O. The summed E-state index contributed by atoms with van der Waals surface area (Å²) in [5.74, 6) is 0. The third kappa shape index (κ3) is 6.51. The topological polar surface area (TPSA) is 103 Å². The van der Waals surface area contributed by atoms with Crippen molar-refractivity contribution in [2.24, 2.45) is 0 Å². The van der Waals surface area contributed by atoms with Gasteiger partial charge in [-0.25, -0.2) is 4.79 Å². The Hall–Kier alpha value is -3.60. The molecule has 1 aliphatic rings. The highest BCUT2D eigenvalue weighted by atomic mass is 28.4. The summed E-state index contributed by atoms with van der Waals surface area (Å²) in [5.41, 5.74) is 0.372. The maximum Gasteiger partial charge on any atom is 0.330 e. The van der Waals surface area contributed by atoms with Gasteiger partial charge >= 0.3 is 5.69 Å². The van der Waals surface area contributed by atoms with Crippen molar-refractivity contribution in [1.29, 1.82) is 0 Å². The van der Waals surface area contributed by atoms with Crippen LogP contribution in [0.2, 0.25) is 5.04 Å². The Kier molecular flexibility index (Phi) is 9.29. The van der Waals surface area contributed by atoms with E-state index in [9.17, 15) is 14.7 Å². The summed E-state index contributed by atoms with van der Waals surface area (Å²) in [6, 6.07) is 30.4. The molecule has 0 saturated carbocycles. The van der Waals surface area contributed by atoms with Crippen molar-refractivity contribution in [2.75, 3.05) is 6.61 Å². The number of ether oxygens (including phenoxy) is 2. The molecule has 43 heavy (non-hydrogen) atoms. The molecule has 0 radical (unpaired) electrons. The van der Waals surface area contributed by atoms with Crippen LogP contribution < -0.4 is 21.6 Å². The minimum atomic E-state index is -3.05. The number of rotatable bonds is 10. The molecule has 4 atom stereocenters. The average molecular weight is 601 g/mol. The van der Waals surface area contributed by atoms with E-state index < -0.39 is 44.1 Å². The number of aliphatic hydroxyl groups excluding tert-OH is 1. The molecule has 1 aromatic heterocycles. The molecule has 226 valence electrons. The maximum absolute atomic E-state index is 12.7. The van der Waals surface area contributed by atoms with Crippen molar-refractivity contribution in [2.45, 2.75) is 70.3 Å². The zero-order chi connectivity index (χ0) is 30.6. The first-order chi connectivity index (χ1) is 20.6. The van der Waals surface area contributed by atoms with Crippen LogP contribution in [0.3, 0.4) is 0 Å². The molecule has 5 rings (SSSR count). The first kappa shape index (κ1) is 30.8. The number of nitrogens with zero attached hydrogens (tertiary/aromatic N) is 1. The largest absolute Gasteiger partial charge is 0.399 e. The fraction of sp³-hybridized carbons (Fsp3) is 0.353. The molecule has 0 amide bonds. The van der Waals surface area contributed by atoms with E-state index in [0.717, 1.165) is 15.9 Å². The van der Waals surface area contributed by atoms with Crippen molar-refractivity contribution >= 4 is 18.7 Å². The van der Waals surface area contributed by atoms with Crippen LogP contribution in [0, 0.1) is 6.92 Å². The van der Waals surface area contributed by atoms with Gasteiger partial charge in [-0.1, -0.05) is 112 Å². The summed E-state index contributed by atoms with van der Waals surface area (Å²) < 4.78 is 21.4. The molecule has 9 heteroatoms. The van der Waals surface area contributed by atoms with Crippen LogP contribution in [0.5, 0.6) is 0 Å². The summed E-state index contributed by atoms with van der Waals surface area (Å²) >= 11 is 0. The molecular weight excluding hydrogens is 560 g/mol. The van der Waals surface area contributed by atoms with Crippen molar-refractivity contribution in [3.8, 4) is 0 Å². The Labute approximate surface area is 253 Å². The second-order valence-electron chi connectivity index (χ2n) is 12.2. The van der Waals surface area contributed by atoms with E-state index in [0.29, 0.717) is 12.2 Å². The Balaban J connectivity index is 1.55. The summed E-state index contributed by atoms with van der Waals surface area (Å²) in [6.45, 7) is 8.74. The van der Waals surface area contributed by atoms with Gasteiger partial charge in [0.05, 0.1) is 25.4 Å². The number of aromatic nitrogens is 2. The van der Waals surface area contributed by atoms with E-state index in [2.05, 4.69) is 50.0 Å². The number of aryl methyl sites for hydroxylation is 1. The number of benzene rings is 3. The van der Waals surface area contributed by atoms with Gasteiger partial charge < -0.3 is 19.0 Å². The van der Waals surface area contributed by atoms with Gasteiger partial charge in [0.2, 0.25) is 0 Å². The quantitative estimate of drug-likeness (QED) is 0.270. The lowest BCUT2D eigenvalue weighted by molar-refractivity contribution is -0.101. The predicted octanol–water partition coefficient (Wildman–Crippen LogP) is 3.66. The zero-order valence-corrected chi connectivity index (χ0v) is 26.1. The number of hydrogen-bond acceptors (Lipinski definition) is 6. The van der Waals surface area contributed by atoms with Crippen LogP contribution in [0.15, 0.2) is 107 Å². The minimum absolute atomic E-state index is 0.160. The second kappa shape index (κ2) is 12.9. The van der Waals surface area contributed by atoms with Gasteiger partial charge in [0.25, 0.3) is 13.9 Å². The Morgan fingerprint density at radius 3 is 2.07 bits per heavy atom. The van der Waals surface area contributed by atoms with Gasteiger partial charge in [0.15, 0.2) is 0 Å². The van der Waals surface area contributed by atoms with E-state index >= 15 is 0 Å². The first-order valence-corrected chi connectivity index (χ1v) is 16.6. The highest BCUT2D eigenvalue weighted by Gasteiger charge is 2.54. The van der Waals surface area contributed by atoms with Crippen LogP contribution in [0.1, 0.15) is 44.5 Å². The van der Waals surface area contributed by atoms with E-state index in [1.165, 1.54) is 10.8 Å². The summed E-state index contributed by atoms with van der Waals surface area (Å²) in [6.07, 6.45) is -1.54. The fourth-order valence-corrected chi connectivity index (χ4v) is 10.6. The van der Waals surface area contributed by atoms with Crippen LogP contribution in [0.4, 0.5) is 0 Å². The van der Waals surface area contributed by atoms with E-state index in [1.807, 2.05) is 66.7 Å². The van der Waals surface area contributed by atoms with Gasteiger partial charge in [-0.15, -0.1) is 0 Å². The third-order valence-electron chi connectivity index (χ3n) is 8.10. The average Bonchev–Trinajstić information content (AvgIpc) is 3.38. The van der Waals surface area contributed by atoms with Gasteiger partial charge in [0, 0.05) is 18.2 Å². The van der Waals surface area contributed by atoms with E-state index in [4.69, 9.17) is 13.9 Å². The highest BCUT2D eigenvalue weighted by Crippen LogP contribution is 2.40. The Morgan fingerprint density at radius 2 is 1.51 bits per heavy atom. The number of nitrogens with one attached hydrogen (secondary N) is 1. The number of aromatic amines is 1. The zero-order valence-electron chi connectivity index (χ0n) is 25.1.